The molecular formula is C34H46F2N6O3S. The van der Waals surface area contributed by atoms with E-state index in [9.17, 15) is 13.2 Å². The van der Waals surface area contributed by atoms with E-state index < -0.39 is 21.7 Å². The van der Waals surface area contributed by atoms with Crippen LogP contribution in [-0.2, 0) is 22.3 Å². The molecule has 46 heavy (non-hydrogen) atoms. The molecular weight excluding hydrogens is 610 g/mol. The van der Waals surface area contributed by atoms with Gasteiger partial charge in [-0.05, 0) is 77.2 Å². The van der Waals surface area contributed by atoms with Crippen LogP contribution in [0.25, 0.3) is 11.0 Å². The maximum Gasteiger partial charge on any atom is 0.276 e. The van der Waals surface area contributed by atoms with Gasteiger partial charge in [-0.15, -0.1) is 0 Å². The summed E-state index contributed by atoms with van der Waals surface area (Å²) in [7, 11) is -3.14. The van der Waals surface area contributed by atoms with E-state index in [1.54, 1.807) is 22.8 Å². The molecule has 1 aromatic carbocycles. The highest BCUT2D eigenvalue weighted by Crippen LogP contribution is 2.46. The van der Waals surface area contributed by atoms with Gasteiger partial charge in [-0.25, -0.2) is 27.2 Å². The highest BCUT2D eigenvalue weighted by Gasteiger charge is 2.47. The SMILES string of the molecule is C[C@H]1Nc2ncnc3c2cc(N2CCS(=O)(=O)CC2)c(=O)n3CCCCCCCN2CCC(CC2(C)C)C(F)(F)c2cccc1c2. The standard InChI is InChI=1S/C34H46F2N6O3S/c1-24-25-10-9-11-26(20-25)34(35,36)27-12-15-41(33(2,3)22-27)13-7-5-4-6-8-14-42-31-28(30(39-24)37-23-38-31)21-29(32(42)43)40-16-18-46(44,45)19-17-40/h9-11,20-21,23-24,27H,4-8,12-19,22H2,1-3H3,(H,37,38,39)/t24-,27?/m1/s1. The number of aryl methyl sites for hydroxylation is 1. The highest BCUT2D eigenvalue weighted by atomic mass is 32.2. The lowest BCUT2D eigenvalue weighted by molar-refractivity contribution is -0.109. The van der Waals surface area contributed by atoms with E-state index in [0.29, 0.717) is 54.0 Å². The van der Waals surface area contributed by atoms with E-state index in [1.165, 1.54) is 12.4 Å². The minimum Gasteiger partial charge on any atom is -0.365 e. The number of anilines is 2. The molecule has 2 aromatic heterocycles. The maximum absolute atomic E-state index is 16.2. The van der Waals surface area contributed by atoms with Gasteiger partial charge in [0.1, 0.15) is 23.5 Å². The molecule has 0 radical (unpaired) electrons. The van der Waals surface area contributed by atoms with Crippen molar-refractivity contribution >= 4 is 32.4 Å². The van der Waals surface area contributed by atoms with Gasteiger partial charge in [0.2, 0.25) is 0 Å². The third-order valence-corrected chi connectivity index (χ3v) is 12.0. The van der Waals surface area contributed by atoms with Gasteiger partial charge >= 0.3 is 0 Å². The van der Waals surface area contributed by atoms with E-state index in [2.05, 4.69) is 34.0 Å². The molecule has 2 saturated heterocycles. The normalized spacial score (nSPS) is 26.7. The van der Waals surface area contributed by atoms with Crippen LogP contribution >= 0.6 is 0 Å². The Balaban J connectivity index is 1.39. The minimum absolute atomic E-state index is 0.00560. The molecule has 0 aliphatic carbocycles. The third-order valence-electron chi connectivity index (χ3n) is 10.3. The van der Waals surface area contributed by atoms with Crippen molar-refractivity contribution < 1.29 is 17.2 Å². The van der Waals surface area contributed by atoms with Crippen molar-refractivity contribution in [3.63, 3.8) is 0 Å². The number of pyridine rings is 1. The molecule has 4 aliphatic rings. The van der Waals surface area contributed by atoms with Crippen LogP contribution in [0.15, 0.2) is 41.5 Å². The molecule has 0 spiro atoms. The zero-order chi connectivity index (χ0) is 32.7. The third kappa shape index (κ3) is 6.65. The zero-order valence-electron chi connectivity index (χ0n) is 27.1. The molecule has 1 N–H and O–H groups in total. The number of fused-ring (bicyclic) bond motifs is 9. The summed E-state index contributed by atoms with van der Waals surface area (Å²) in [6.45, 7) is 8.62. The number of rotatable bonds is 1. The fourth-order valence-corrected chi connectivity index (χ4v) is 8.69. The smallest absolute Gasteiger partial charge is 0.276 e. The van der Waals surface area contributed by atoms with Crippen LogP contribution in [0.5, 0.6) is 0 Å². The number of benzene rings is 1. The topological polar surface area (TPSA) is 100 Å². The maximum atomic E-state index is 16.2. The number of nitrogens with one attached hydrogen (secondary N) is 1. The lowest BCUT2D eigenvalue weighted by Gasteiger charge is -2.47. The zero-order valence-corrected chi connectivity index (χ0v) is 28.0. The Labute approximate surface area is 270 Å². The summed E-state index contributed by atoms with van der Waals surface area (Å²) in [6, 6.07) is 8.08. The van der Waals surface area contributed by atoms with Gasteiger partial charge in [-0.1, -0.05) is 37.5 Å². The molecule has 7 rings (SSSR count). The molecule has 9 nitrogen and oxygen atoms in total. The van der Waals surface area contributed by atoms with Gasteiger partial charge in [0, 0.05) is 42.7 Å². The number of hydrogen-bond acceptors (Lipinski definition) is 8. The van der Waals surface area contributed by atoms with Crippen LogP contribution < -0.4 is 15.8 Å². The monoisotopic (exact) mass is 656 g/mol. The average molecular weight is 657 g/mol. The van der Waals surface area contributed by atoms with E-state index in [0.717, 1.165) is 38.6 Å². The first-order chi connectivity index (χ1) is 21.9. The fourth-order valence-electron chi connectivity index (χ4n) is 7.48. The number of piperidine rings is 1. The highest BCUT2D eigenvalue weighted by molar-refractivity contribution is 7.91. The van der Waals surface area contributed by atoms with Crippen LogP contribution in [0.4, 0.5) is 20.3 Å². The molecule has 6 heterocycles. The van der Waals surface area contributed by atoms with Gasteiger partial charge in [-0.3, -0.25) is 14.3 Å². The molecule has 2 fully saturated rings. The predicted molar refractivity (Wildman–Crippen MR) is 178 cm³/mol. The van der Waals surface area contributed by atoms with Gasteiger partial charge < -0.3 is 10.2 Å². The first-order valence-corrected chi connectivity index (χ1v) is 18.5. The number of nitrogens with zero attached hydrogens (tertiary/aromatic N) is 5. The number of sulfone groups is 1. The van der Waals surface area contributed by atoms with E-state index in [1.807, 2.05) is 17.9 Å². The van der Waals surface area contributed by atoms with E-state index in [-0.39, 0.29) is 47.3 Å². The largest absolute Gasteiger partial charge is 0.365 e. The summed E-state index contributed by atoms with van der Waals surface area (Å²) in [5.41, 5.74) is 1.17. The molecule has 3 atom stereocenters. The van der Waals surface area contributed by atoms with Crippen molar-refractivity contribution in [2.45, 2.75) is 89.8 Å². The van der Waals surface area contributed by atoms with Crippen molar-refractivity contribution in [2.75, 3.05) is 47.9 Å². The average Bonchev–Trinajstić information content (AvgIpc) is 3.01. The van der Waals surface area contributed by atoms with Gasteiger partial charge in [0.15, 0.2) is 9.84 Å². The Morgan fingerprint density at radius 3 is 2.39 bits per heavy atom. The van der Waals surface area contributed by atoms with E-state index >= 15 is 8.78 Å². The second kappa shape index (κ2) is 12.8. The van der Waals surface area contributed by atoms with Crippen molar-refractivity contribution in [1.29, 1.82) is 0 Å². The Hall–Kier alpha value is -3.12. The van der Waals surface area contributed by atoms with Crippen LogP contribution in [0.2, 0.25) is 0 Å². The lowest BCUT2D eigenvalue weighted by atomic mass is 9.77. The lowest BCUT2D eigenvalue weighted by Crippen LogP contribution is -2.52. The van der Waals surface area contributed by atoms with Crippen molar-refractivity contribution in [3.8, 4) is 0 Å². The van der Waals surface area contributed by atoms with Gasteiger partial charge in [0.05, 0.1) is 16.9 Å². The molecule has 4 aliphatic heterocycles. The summed E-state index contributed by atoms with van der Waals surface area (Å²) >= 11 is 0. The fraction of sp³-hybridized carbons (Fsp3) is 0.618. The minimum atomic E-state index is -3.14. The number of alkyl halides is 2. The number of hydrogen-bond donors (Lipinski definition) is 1. The van der Waals surface area contributed by atoms with Crippen LogP contribution in [0, 0.1) is 5.92 Å². The van der Waals surface area contributed by atoms with Crippen molar-refractivity contribution in [2.24, 2.45) is 5.92 Å². The molecule has 0 amide bonds. The Morgan fingerprint density at radius 2 is 1.65 bits per heavy atom. The molecule has 2 unspecified atom stereocenters. The second-order valence-corrected chi connectivity index (χ2v) is 16.3. The second-order valence-electron chi connectivity index (χ2n) is 14.0. The number of aromatic nitrogens is 3. The summed E-state index contributed by atoms with van der Waals surface area (Å²) in [5.74, 6) is -3.22. The first kappa shape index (κ1) is 32.8. The van der Waals surface area contributed by atoms with E-state index in [4.69, 9.17) is 0 Å². The van der Waals surface area contributed by atoms with Crippen LogP contribution in [0.3, 0.4) is 0 Å². The molecule has 3 aromatic rings. The quantitative estimate of drug-likeness (QED) is 0.354. The van der Waals surface area contributed by atoms with Gasteiger partial charge in [-0.2, -0.15) is 0 Å². The number of halogens is 2. The van der Waals surface area contributed by atoms with Crippen molar-refractivity contribution in [1.82, 2.24) is 19.4 Å². The molecule has 8 bridgehead atoms. The van der Waals surface area contributed by atoms with Gasteiger partial charge in [0.25, 0.3) is 11.5 Å². The summed E-state index contributed by atoms with van der Waals surface area (Å²) < 4.78 is 58.4. The molecule has 12 heteroatoms. The summed E-state index contributed by atoms with van der Waals surface area (Å²) in [5, 5.41) is 4.06. The molecule has 0 saturated carbocycles. The summed E-state index contributed by atoms with van der Waals surface area (Å²) in [6.07, 6.45) is 7.12. The Kier molecular flexibility index (Phi) is 9.14. The Morgan fingerprint density at radius 1 is 0.935 bits per heavy atom. The summed E-state index contributed by atoms with van der Waals surface area (Å²) in [4.78, 5) is 27.2. The molecule has 250 valence electrons. The van der Waals surface area contributed by atoms with Crippen LogP contribution in [-0.4, -0.2) is 71.1 Å². The predicted octanol–water partition coefficient (Wildman–Crippen LogP) is 5.75. The van der Waals surface area contributed by atoms with Crippen LogP contribution in [0.1, 0.15) is 82.9 Å². The van der Waals surface area contributed by atoms with Crippen molar-refractivity contribution in [3.05, 3.63) is 58.1 Å². The first-order valence-electron chi connectivity index (χ1n) is 16.7. The Bertz CT molecular complexity index is 1730.